The highest BCUT2D eigenvalue weighted by molar-refractivity contribution is 5.13. The number of hydrogen-bond donors (Lipinski definition) is 1. The summed E-state index contributed by atoms with van der Waals surface area (Å²) in [6.45, 7) is 3.71. The van der Waals surface area contributed by atoms with Gasteiger partial charge in [-0.3, -0.25) is 4.90 Å². The SMILES string of the molecule is CN1CCNCC1c1noc(COCc2ccccc2)n1. The van der Waals surface area contributed by atoms with Crippen LogP contribution >= 0.6 is 0 Å². The molecule has 1 atom stereocenters. The van der Waals surface area contributed by atoms with Gasteiger partial charge in [0.05, 0.1) is 12.6 Å². The highest BCUT2D eigenvalue weighted by Gasteiger charge is 2.25. The molecule has 0 bridgehead atoms. The molecule has 6 nitrogen and oxygen atoms in total. The van der Waals surface area contributed by atoms with Gasteiger partial charge in [0.15, 0.2) is 5.82 Å². The minimum absolute atomic E-state index is 0.172. The van der Waals surface area contributed by atoms with Gasteiger partial charge in [0, 0.05) is 19.6 Å². The molecule has 2 aromatic rings. The molecule has 112 valence electrons. The van der Waals surface area contributed by atoms with Crippen LogP contribution in [-0.2, 0) is 18.0 Å². The molecule has 1 unspecified atom stereocenters. The van der Waals surface area contributed by atoms with Crippen LogP contribution in [0.3, 0.4) is 0 Å². The van der Waals surface area contributed by atoms with Crippen molar-refractivity contribution in [3.63, 3.8) is 0 Å². The van der Waals surface area contributed by atoms with E-state index in [0.717, 1.165) is 31.0 Å². The summed E-state index contributed by atoms with van der Waals surface area (Å²) in [5.41, 5.74) is 1.13. The van der Waals surface area contributed by atoms with Gasteiger partial charge in [0.1, 0.15) is 6.61 Å². The zero-order valence-corrected chi connectivity index (χ0v) is 12.2. The van der Waals surface area contributed by atoms with E-state index in [1.54, 1.807) is 0 Å². The summed E-state index contributed by atoms with van der Waals surface area (Å²) in [6, 6.07) is 10.2. The lowest BCUT2D eigenvalue weighted by Crippen LogP contribution is -2.44. The first-order valence-corrected chi connectivity index (χ1v) is 7.18. The molecule has 3 rings (SSSR count). The predicted octanol–water partition coefficient (Wildman–Crippen LogP) is 1.36. The number of aromatic nitrogens is 2. The van der Waals surface area contributed by atoms with Crippen molar-refractivity contribution < 1.29 is 9.26 Å². The second-order valence-electron chi connectivity index (χ2n) is 5.23. The molecule has 2 heterocycles. The summed E-state index contributed by atoms with van der Waals surface area (Å²) in [7, 11) is 2.08. The van der Waals surface area contributed by atoms with Crippen molar-refractivity contribution in [1.29, 1.82) is 0 Å². The van der Waals surface area contributed by atoms with Crippen LogP contribution in [0.1, 0.15) is 23.3 Å². The zero-order valence-electron chi connectivity index (χ0n) is 12.2. The quantitative estimate of drug-likeness (QED) is 0.896. The lowest BCUT2D eigenvalue weighted by Gasteiger charge is -2.30. The topological polar surface area (TPSA) is 63.4 Å². The Morgan fingerprint density at radius 1 is 1.33 bits per heavy atom. The summed E-state index contributed by atoms with van der Waals surface area (Å²) >= 11 is 0. The van der Waals surface area contributed by atoms with Gasteiger partial charge in [-0.05, 0) is 12.6 Å². The molecule has 1 aromatic heterocycles. The van der Waals surface area contributed by atoms with E-state index in [1.165, 1.54) is 0 Å². The number of benzene rings is 1. The summed E-state index contributed by atoms with van der Waals surface area (Å²) in [5.74, 6) is 1.25. The molecule has 1 saturated heterocycles. The molecule has 0 spiro atoms. The van der Waals surface area contributed by atoms with Crippen molar-refractivity contribution in [1.82, 2.24) is 20.4 Å². The summed E-state index contributed by atoms with van der Waals surface area (Å²) < 4.78 is 10.9. The van der Waals surface area contributed by atoms with Crippen molar-refractivity contribution in [2.24, 2.45) is 0 Å². The smallest absolute Gasteiger partial charge is 0.252 e. The van der Waals surface area contributed by atoms with E-state index < -0.39 is 0 Å². The van der Waals surface area contributed by atoms with Gasteiger partial charge in [0.25, 0.3) is 5.89 Å². The zero-order chi connectivity index (χ0) is 14.5. The number of nitrogens with one attached hydrogen (secondary N) is 1. The van der Waals surface area contributed by atoms with Gasteiger partial charge in [-0.15, -0.1) is 0 Å². The standard InChI is InChI=1S/C15H20N4O2/c1-19-8-7-16-9-13(19)15-17-14(21-18-15)11-20-10-12-5-3-2-4-6-12/h2-6,13,16H,7-11H2,1H3. The van der Waals surface area contributed by atoms with E-state index in [-0.39, 0.29) is 6.04 Å². The third-order valence-electron chi connectivity index (χ3n) is 3.63. The van der Waals surface area contributed by atoms with Crippen molar-refractivity contribution in [2.75, 3.05) is 26.7 Å². The van der Waals surface area contributed by atoms with E-state index in [4.69, 9.17) is 9.26 Å². The molecule has 1 aliphatic heterocycles. The Kier molecular flexibility index (Phi) is 4.59. The van der Waals surface area contributed by atoms with E-state index in [2.05, 4.69) is 27.4 Å². The van der Waals surface area contributed by atoms with Crippen LogP contribution in [0.2, 0.25) is 0 Å². The first kappa shape index (κ1) is 14.2. The van der Waals surface area contributed by atoms with Crippen LogP contribution in [0.25, 0.3) is 0 Å². The number of ether oxygens (including phenoxy) is 1. The van der Waals surface area contributed by atoms with Crippen LogP contribution in [0.5, 0.6) is 0 Å². The number of hydrogen-bond acceptors (Lipinski definition) is 6. The van der Waals surface area contributed by atoms with E-state index in [1.807, 2.05) is 30.3 Å². The maximum absolute atomic E-state index is 5.61. The van der Waals surface area contributed by atoms with Gasteiger partial charge in [-0.25, -0.2) is 0 Å². The first-order chi connectivity index (χ1) is 10.3. The second-order valence-corrected chi connectivity index (χ2v) is 5.23. The number of rotatable bonds is 5. The summed E-state index contributed by atoms with van der Waals surface area (Å²) in [5, 5.41) is 7.41. The van der Waals surface area contributed by atoms with Crippen molar-refractivity contribution in [3.05, 3.63) is 47.6 Å². The highest BCUT2D eigenvalue weighted by Crippen LogP contribution is 2.17. The molecule has 1 aromatic carbocycles. The molecule has 0 amide bonds. The van der Waals surface area contributed by atoms with Crippen LogP contribution in [-0.4, -0.2) is 41.7 Å². The molecule has 21 heavy (non-hydrogen) atoms. The van der Waals surface area contributed by atoms with Crippen molar-refractivity contribution in [2.45, 2.75) is 19.3 Å². The van der Waals surface area contributed by atoms with Crippen LogP contribution in [0.15, 0.2) is 34.9 Å². The molecule has 0 saturated carbocycles. The van der Waals surface area contributed by atoms with E-state index in [9.17, 15) is 0 Å². The first-order valence-electron chi connectivity index (χ1n) is 7.18. The minimum atomic E-state index is 0.172. The lowest BCUT2D eigenvalue weighted by atomic mass is 10.2. The second kappa shape index (κ2) is 6.80. The Hall–Kier alpha value is -1.76. The average Bonchev–Trinajstić information content (AvgIpc) is 2.97. The van der Waals surface area contributed by atoms with E-state index in [0.29, 0.717) is 19.1 Å². The average molecular weight is 288 g/mol. The Morgan fingerprint density at radius 2 is 2.19 bits per heavy atom. The molecule has 0 radical (unpaired) electrons. The molecular formula is C15H20N4O2. The van der Waals surface area contributed by atoms with Gasteiger partial charge in [0.2, 0.25) is 0 Å². The monoisotopic (exact) mass is 288 g/mol. The van der Waals surface area contributed by atoms with Crippen LogP contribution < -0.4 is 5.32 Å². The van der Waals surface area contributed by atoms with Gasteiger partial charge in [-0.1, -0.05) is 35.5 Å². The molecular weight excluding hydrogens is 268 g/mol. The Labute approximate surface area is 124 Å². The fourth-order valence-electron chi connectivity index (χ4n) is 2.39. The predicted molar refractivity (Wildman–Crippen MR) is 77.5 cm³/mol. The fraction of sp³-hybridized carbons (Fsp3) is 0.467. The maximum atomic E-state index is 5.61. The summed E-state index contributed by atoms with van der Waals surface area (Å²) in [6.07, 6.45) is 0. The number of nitrogens with zero attached hydrogens (tertiary/aromatic N) is 3. The third kappa shape index (κ3) is 3.66. The van der Waals surface area contributed by atoms with Gasteiger partial charge >= 0.3 is 0 Å². The lowest BCUT2D eigenvalue weighted by molar-refractivity contribution is 0.0850. The molecule has 1 N–H and O–H groups in total. The minimum Gasteiger partial charge on any atom is -0.367 e. The fourth-order valence-corrected chi connectivity index (χ4v) is 2.39. The number of likely N-dealkylation sites (N-methyl/N-ethyl adjacent to an activating group) is 1. The summed E-state index contributed by atoms with van der Waals surface area (Å²) in [4.78, 5) is 6.66. The largest absolute Gasteiger partial charge is 0.367 e. The third-order valence-corrected chi connectivity index (χ3v) is 3.63. The highest BCUT2D eigenvalue weighted by atomic mass is 16.5. The van der Waals surface area contributed by atoms with Gasteiger partial charge < -0.3 is 14.6 Å². The Balaban J connectivity index is 1.53. The maximum Gasteiger partial charge on any atom is 0.252 e. The molecule has 1 aliphatic rings. The van der Waals surface area contributed by atoms with Crippen molar-refractivity contribution in [3.8, 4) is 0 Å². The van der Waals surface area contributed by atoms with Crippen LogP contribution in [0.4, 0.5) is 0 Å². The molecule has 0 aliphatic carbocycles. The Morgan fingerprint density at radius 3 is 3.00 bits per heavy atom. The normalized spacial score (nSPS) is 19.8. The Bertz CT molecular complexity index is 558. The van der Waals surface area contributed by atoms with Crippen molar-refractivity contribution >= 4 is 0 Å². The molecule has 1 fully saturated rings. The van der Waals surface area contributed by atoms with E-state index >= 15 is 0 Å². The molecule has 6 heteroatoms. The number of piperazine rings is 1. The van der Waals surface area contributed by atoms with Gasteiger partial charge in [-0.2, -0.15) is 4.98 Å². The van der Waals surface area contributed by atoms with Crippen LogP contribution in [0, 0.1) is 0 Å².